The second-order valence-electron chi connectivity index (χ2n) is 11.1. The van der Waals surface area contributed by atoms with Crippen LogP contribution in [0.1, 0.15) is 42.9 Å². The van der Waals surface area contributed by atoms with Crippen molar-refractivity contribution >= 4 is 33.4 Å². The highest BCUT2D eigenvalue weighted by atomic mass is 32.2. The van der Waals surface area contributed by atoms with Gasteiger partial charge in [0.2, 0.25) is 10.0 Å². The number of aliphatic hydroxyl groups is 1. The van der Waals surface area contributed by atoms with E-state index in [0.29, 0.717) is 44.7 Å². The zero-order valence-electron chi connectivity index (χ0n) is 23.8. The maximum atomic E-state index is 12.9. The molecule has 42 heavy (non-hydrogen) atoms. The van der Waals surface area contributed by atoms with Crippen molar-refractivity contribution in [3.63, 3.8) is 0 Å². The average molecular weight is 604 g/mol. The molecule has 0 saturated carbocycles. The fraction of sp³-hybridized carbons (Fsp3) is 0.517. The number of benzene rings is 2. The maximum absolute atomic E-state index is 12.9. The zero-order valence-corrected chi connectivity index (χ0v) is 24.6. The van der Waals surface area contributed by atoms with Crippen molar-refractivity contribution in [2.75, 3.05) is 55.6 Å². The molecular weight excluding hydrogens is 562 g/mol. The summed E-state index contributed by atoms with van der Waals surface area (Å²) < 4.78 is 25.2. The van der Waals surface area contributed by atoms with Crippen LogP contribution < -0.4 is 15.4 Å². The first kappa shape index (κ1) is 31.4. The molecule has 12 nitrogen and oxygen atoms in total. The number of carboxylic acid groups (broad SMARTS) is 1. The Labute approximate surface area is 246 Å². The predicted octanol–water partition coefficient (Wildman–Crippen LogP) is 2.42. The fourth-order valence-corrected chi connectivity index (χ4v) is 5.97. The molecule has 230 valence electrons. The lowest BCUT2D eigenvalue weighted by atomic mass is 9.98. The number of aromatic hydroxyl groups is 1. The third kappa shape index (κ3) is 8.97. The fourth-order valence-electron chi connectivity index (χ4n) is 5.40. The first-order valence-corrected chi connectivity index (χ1v) is 16.2. The number of piperidine rings is 2. The van der Waals surface area contributed by atoms with E-state index in [-0.39, 0.29) is 30.1 Å². The van der Waals surface area contributed by atoms with Crippen LogP contribution in [0.2, 0.25) is 0 Å². The Hall–Kier alpha value is -3.55. The Morgan fingerprint density at radius 2 is 1.74 bits per heavy atom. The quantitative estimate of drug-likeness (QED) is 0.167. The molecule has 2 aromatic carbocycles. The highest BCUT2D eigenvalue weighted by Gasteiger charge is 2.32. The van der Waals surface area contributed by atoms with Gasteiger partial charge in [-0.3, -0.25) is 9.52 Å². The highest BCUT2D eigenvalue weighted by Crippen LogP contribution is 2.28. The maximum Gasteiger partial charge on any atom is 0.320 e. The van der Waals surface area contributed by atoms with Gasteiger partial charge in [-0.1, -0.05) is 18.2 Å². The summed E-state index contributed by atoms with van der Waals surface area (Å²) in [5, 5.41) is 36.4. The second kappa shape index (κ2) is 14.1. The van der Waals surface area contributed by atoms with E-state index in [1.54, 1.807) is 11.0 Å². The summed E-state index contributed by atoms with van der Waals surface area (Å²) in [5.41, 5.74) is 2.65. The molecule has 2 amide bonds. The van der Waals surface area contributed by atoms with Gasteiger partial charge in [-0.25, -0.2) is 13.2 Å². The number of sulfonamides is 1. The van der Waals surface area contributed by atoms with Crippen LogP contribution in [0.5, 0.6) is 5.75 Å². The molecular formula is C29H41N5O7S. The molecule has 0 bridgehead atoms. The number of phenolic OH excluding ortho intramolecular Hbond substituents is 1. The van der Waals surface area contributed by atoms with E-state index in [0.717, 1.165) is 43.2 Å². The molecule has 2 atom stereocenters. The number of nitrogens with one attached hydrogen (secondary N) is 3. The molecule has 4 rings (SSSR count). The normalized spacial score (nSPS) is 18.9. The van der Waals surface area contributed by atoms with Crippen LogP contribution in [0.4, 0.5) is 16.2 Å². The minimum atomic E-state index is -3.56. The van der Waals surface area contributed by atoms with Gasteiger partial charge in [0, 0.05) is 44.5 Å². The minimum absolute atomic E-state index is 0.0231. The number of aliphatic hydroxyl groups excluding tert-OH is 1. The first-order valence-electron chi connectivity index (χ1n) is 14.3. The topological polar surface area (TPSA) is 172 Å². The summed E-state index contributed by atoms with van der Waals surface area (Å²) in [5.74, 6) is -1.52. The van der Waals surface area contributed by atoms with Crippen LogP contribution in [0.15, 0.2) is 42.5 Å². The van der Waals surface area contributed by atoms with Gasteiger partial charge in [-0.15, -0.1) is 0 Å². The third-order valence-corrected chi connectivity index (χ3v) is 8.35. The van der Waals surface area contributed by atoms with E-state index in [1.165, 1.54) is 12.1 Å². The van der Waals surface area contributed by atoms with E-state index < -0.39 is 28.0 Å². The molecule has 2 aromatic rings. The third-order valence-electron chi connectivity index (χ3n) is 7.76. The zero-order chi connectivity index (χ0) is 30.3. The van der Waals surface area contributed by atoms with E-state index >= 15 is 0 Å². The Kier molecular flexibility index (Phi) is 10.5. The number of carboxylic acids is 1. The van der Waals surface area contributed by atoms with Gasteiger partial charge in [0.25, 0.3) is 0 Å². The van der Waals surface area contributed by atoms with Crippen LogP contribution >= 0.6 is 0 Å². The van der Waals surface area contributed by atoms with Gasteiger partial charge in [0.05, 0.1) is 24.0 Å². The molecule has 2 aliphatic heterocycles. The van der Waals surface area contributed by atoms with Crippen molar-refractivity contribution in [2.45, 2.75) is 44.2 Å². The minimum Gasteiger partial charge on any atom is -0.506 e. The van der Waals surface area contributed by atoms with E-state index in [1.807, 2.05) is 17.0 Å². The molecule has 2 aliphatic rings. The van der Waals surface area contributed by atoms with Crippen molar-refractivity contribution in [1.29, 1.82) is 0 Å². The van der Waals surface area contributed by atoms with Crippen molar-refractivity contribution in [2.24, 2.45) is 5.92 Å². The summed E-state index contributed by atoms with van der Waals surface area (Å²) >= 11 is 0. The average Bonchev–Trinajstić information content (AvgIpc) is 2.96. The number of carbonyl (C=O) groups is 2. The highest BCUT2D eigenvalue weighted by molar-refractivity contribution is 7.92. The summed E-state index contributed by atoms with van der Waals surface area (Å²) in [4.78, 5) is 27.8. The van der Waals surface area contributed by atoms with E-state index in [4.69, 9.17) is 0 Å². The molecule has 0 radical (unpaired) electrons. The van der Waals surface area contributed by atoms with Crippen molar-refractivity contribution < 1.29 is 33.3 Å². The Bertz CT molecular complexity index is 1330. The lowest BCUT2D eigenvalue weighted by molar-refractivity contribution is -0.143. The van der Waals surface area contributed by atoms with Crippen LogP contribution in [-0.2, 0) is 21.2 Å². The molecule has 0 spiro atoms. The summed E-state index contributed by atoms with van der Waals surface area (Å²) in [6.45, 7) is 3.08. The monoisotopic (exact) mass is 603 g/mol. The number of rotatable bonds is 11. The number of phenols is 1. The molecule has 6 N–H and O–H groups in total. The lowest BCUT2D eigenvalue weighted by Crippen LogP contribution is -2.51. The smallest absolute Gasteiger partial charge is 0.320 e. The lowest BCUT2D eigenvalue weighted by Gasteiger charge is -2.38. The number of amides is 2. The first-order chi connectivity index (χ1) is 20.0. The Morgan fingerprint density at radius 3 is 2.40 bits per heavy atom. The Morgan fingerprint density at radius 1 is 1.02 bits per heavy atom. The number of hydrogen-bond acceptors (Lipinski definition) is 8. The van der Waals surface area contributed by atoms with E-state index in [9.17, 15) is 33.3 Å². The number of hydrogen-bond donors (Lipinski definition) is 6. The second-order valence-corrected chi connectivity index (χ2v) is 12.9. The molecule has 2 fully saturated rings. The number of anilines is 2. The summed E-state index contributed by atoms with van der Waals surface area (Å²) in [6.07, 6.45) is 3.86. The predicted molar refractivity (Wildman–Crippen MR) is 160 cm³/mol. The van der Waals surface area contributed by atoms with E-state index in [2.05, 4.69) is 27.5 Å². The van der Waals surface area contributed by atoms with Crippen LogP contribution in [0.3, 0.4) is 0 Å². The van der Waals surface area contributed by atoms with Gasteiger partial charge in [0.15, 0.2) is 0 Å². The molecule has 2 heterocycles. The molecule has 0 aromatic heterocycles. The largest absolute Gasteiger partial charge is 0.506 e. The van der Waals surface area contributed by atoms with Crippen LogP contribution in [0, 0.1) is 5.92 Å². The number of urea groups is 1. The molecule has 0 aliphatic carbocycles. The van der Waals surface area contributed by atoms with Gasteiger partial charge in [0.1, 0.15) is 5.75 Å². The summed E-state index contributed by atoms with van der Waals surface area (Å²) in [7, 11) is -3.56. The SMILES string of the molecule is CS(=O)(=O)Nc1cc([C@@H](O)CNCCc2ccc(NC3CCN(C(=O)N4CCCC(C(=O)O)C4)CC3)cc2)ccc1O. The van der Waals surface area contributed by atoms with Crippen molar-refractivity contribution in [3.05, 3.63) is 53.6 Å². The number of carbonyl (C=O) groups excluding carboxylic acids is 1. The van der Waals surface area contributed by atoms with Gasteiger partial charge >= 0.3 is 12.0 Å². The standard InChI is InChI=1S/C29H41N5O7S/c1-42(40,41)32-25-17-21(6-9-26(25)35)27(36)18-30-13-10-20-4-7-23(8-5-20)31-24-11-15-33(16-12-24)29(39)34-14-2-3-22(19-34)28(37)38/h4-9,17,22,24,27,30-32,35-36H,2-3,10-16,18-19H2,1H3,(H,37,38)/t22?,27-/m0/s1. The summed E-state index contributed by atoms with van der Waals surface area (Å²) in [6, 6.07) is 12.7. The Balaban J connectivity index is 1.16. The van der Waals surface area contributed by atoms with Crippen molar-refractivity contribution in [1.82, 2.24) is 15.1 Å². The molecule has 1 unspecified atom stereocenters. The molecule has 2 saturated heterocycles. The van der Waals surface area contributed by atoms with Crippen LogP contribution in [-0.4, -0.2) is 97.1 Å². The van der Waals surface area contributed by atoms with Gasteiger partial charge in [-0.05, 0) is 74.0 Å². The number of nitrogens with zero attached hydrogens (tertiary/aromatic N) is 2. The number of aliphatic carboxylic acids is 1. The van der Waals surface area contributed by atoms with Crippen LogP contribution in [0.25, 0.3) is 0 Å². The van der Waals surface area contributed by atoms with Gasteiger partial charge < -0.3 is 35.8 Å². The van der Waals surface area contributed by atoms with Crippen molar-refractivity contribution in [3.8, 4) is 5.75 Å². The van der Waals surface area contributed by atoms with Gasteiger partial charge in [-0.2, -0.15) is 0 Å². The molecule has 13 heteroatoms. The number of likely N-dealkylation sites (tertiary alicyclic amines) is 2.